The first kappa shape index (κ1) is 28.5. The molecule has 6 rings (SSSR count). The van der Waals surface area contributed by atoms with Crippen LogP contribution in [-0.4, -0.2) is 23.0 Å². The lowest BCUT2D eigenvalue weighted by atomic mass is 10.0. The van der Waals surface area contributed by atoms with Gasteiger partial charge in [0.1, 0.15) is 11.5 Å². The fraction of sp³-hybridized carbons (Fsp3) is 0.114. The van der Waals surface area contributed by atoms with Gasteiger partial charge in [-0.1, -0.05) is 71.7 Å². The molecule has 1 atom stereocenters. The normalized spacial score (nSPS) is 13.9. The van der Waals surface area contributed by atoms with Gasteiger partial charge < -0.3 is 14.8 Å². The van der Waals surface area contributed by atoms with Crippen molar-refractivity contribution in [1.29, 1.82) is 0 Å². The molecule has 0 bridgehead atoms. The zero-order valence-corrected chi connectivity index (χ0v) is 24.7. The summed E-state index contributed by atoms with van der Waals surface area (Å²) in [6.07, 6.45) is 2.32. The standard InChI is InChI=1S/C35H26Cl2N2O4/c1-21(34(40)39-31-17-15-24(36)20-29(31)37)42-35(41)32-27-12-5-6-13-30(27)38-33-23(14-16-28(32)33)18-22-8-7-11-26(19-22)43-25-9-3-2-4-10-25/h2-13,15,17-21H,14,16H2,1H3,(H,39,40). The zero-order valence-electron chi connectivity index (χ0n) is 23.1. The van der Waals surface area contributed by atoms with Crippen molar-refractivity contribution in [3.05, 3.63) is 129 Å². The van der Waals surface area contributed by atoms with Gasteiger partial charge in [-0.25, -0.2) is 9.78 Å². The number of benzene rings is 4. The predicted octanol–water partition coefficient (Wildman–Crippen LogP) is 9.00. The lowest BCUT2D eigenvalue weighted by Crippen LogP contribution is -2.30. The third kappa shape index (κ3) is 6.26. The van der Waals surface area contributed by atoms with Crippen LogP contribution in [0.1, 0.15) is 40.5 Å². The van der Waals surface area contributed by atoms with Gasteiger partial charge in [0.2, 0.25) is 0 Å². The van der Waals surface area contributed by atoms with Crippen molar-refractivity contribution in [2.45, 2.75) is 25.9 Å². The Kier molecular flexibility index (Phi) is 8.14. The van der Waals surface area contributed by atoms with E-state index in [9.17, 15) is 9.59 Å². The molecule has 1 amide bonds. The first-order valence-electron chi connectivity index (χ1n) is 13.8. The van der Waals surface area contributed by atoms with Crippen LogP contribution >= 0.6 is 23.2 Å². The maximum Gasteiger partial charge on any atom is 0.339 e. The van der Waals surface area contributed by atoms with Crippen LogP contribution < -0.4 is 10.1 Å². The molecular formula is C35H26Cl2N2O4. The van der Waals surface area contributed by atoms with Crippen molar-refractivity contribution in [2.24, 2.45) is 0 Å². The second-order valence-electron chi connectivity index (χ2n) is 10.1. The summed E-state index contributed by atoms with van der Waals surface area (Å²) >= 11 is 12.2. The van der Waals surface area contributed by atoms with E-state index in [4.69, 9.17) is 37.7 Å². The van der Waals surface area contributed by atoms with E-state index in [-0.39, 0.29) is 5.02 Å². The molecule has 0 saturated carbocycles. The molecule has 6 nitrogen and oxygen atoms in total. The van der Waals surface area contributed by atoms with Crippen LogP contribution in [0.15, 0.2) is 97.1 Å². The number of amides is 1. The number of aromatic nitrogens is 1. The molecule has 1 N–H and O–H groups in total. The topological polar surface area (TPSA) is 77.5 Å². The number of carbonyl (C=O) groups is 2. The van der Waals surface area contributed by atoms with Gasteiger partial charge in [-0.15, -0.1) is 0 Å². The van der Waals surface area contributed by atoms with Crippen molar-refractivity contribution < 1.29 is 19.1 Å². The van der Waals surface area contributed by atoms with E-state index in [1.54, 1.807) is 12.1 Å². The minimum Gasteiger partial charge on any atom is -0.457 e. The minimum absolute atomic E-state index is 0.286. The number of rotatable bonds is 7. The number of nitrogens with zero attached hydrogens (tertiary/aromatic N) is 1. The zero-order chi connectivity index (χ0) is 29.9. The molecule has 0 radical (unpaired) electrons. The van der Waals surface area contributed by atoms with E-state index in [1.807, 2.05) is 78.9 Å². The molecule has 214 valence electrons. The Morgan fingerprint density at radius 1 is 0.884 bits per heavy atom. The third-order valence-electron chi connectivity index (χ3n) is 7.17. The van der Waals surface area contributed by atoms with Gasteiger partial charge in [-0.2, -0.15) is 0 Å². The van der Waals surface area contributed by atoms with Crippen molar-refractivity contribution in [2.75, 3.05) is 5.32 Å². The number of nitrogens with one attached hydrogen (secondary N) is 1. The third-order valence-corrected chi connectivity index (χ3v) is 7.71. The van der Waals surface area contributed by atoms with Crippen molar-refractivity contribution in [3.63, 3.8) is 0 Å². The van der Waals surface area contributed by atoms with E-state index in [1.165, 1.54) is 13.0 Å². The second kappa shape index (κ2) is 12.3. The molecular weight excluding hydrogens is 583 g/mol. The van der Waals surface area contributed by atoms with Gasteiger partial charge in [0, 0.05) is 10.4 Å². The van der Waals surface area contributed by atoms with Gasteiger partial charge >= 0.3 is 5.97 Å². The number of allylic oxidation sites excluding steroid dienone is 1. The van der Waals surface area contributed by atoms with Crippen LogP contribution in [0, 0.1) is 0 Å². The predicted molar refractivity (Wildman–Crippen MR) is 171 cm³/mol. The second-order valence-corrected chi connectivity index (χ2v) is 11.0. The van der Waals surface area contributed by atoms with Crippen LogP contribution in [-0.2, 0) is 16.0 Å². The maximum absolute atomic E-state index is 13.7. The molecule has 43 heavy (non-hydrogen) atoms. The average Bonchev–Trinajstić information content (AvgIpc) is 3.39. The summed E-state index contributed by atoms with van der Waals surface area (Å²) in [7, 11) is 0. The first-order chi connectivity index (χ1) is 20.9. The minimum atomic E-state index is -1.08. The molecule has 0 fully saturated rings. The SMILES string of the molecule is CC(OC(=O)c1c2c(nc3ccccc13)C(=Cc1cccc(Oc3ccccc3)c1)CC2)C(=O)Nc1ccc(Cl)cc1Cl. The molecule has 1 aliphatic rings. The Balaban J connectivity index is 1.28. The van der Waals surface area contributed by atoms with Crippen molar-refractivity contribution >= 4 is 63.3 Å². The number of para-hydroxylation sites is 2. The Labute approximate surface area is 258 Å². The number of hydrogen-bond donors (Lipinski definition) is 1. The highest BCUT2D eigenvalue weighted by atomic mass is 35.5. The van der Waals surface area contributed by atoms with E-state index in [0.29, 0.717) is 40.0 Å². The fourth-order valence-corrected chi connectivity index (χ4v) is 5.56. The Morgan fingerprint density at radius 3 is 2.47 bits per heavy atom. The average molecular weight is 610 g/mol. The summed E-state index contributed by atoms with van der Waals surface area (Å²) in [5.41, 5.74) is 5.00. The highest BCUT2D eigenvalue weighted by molar-refractivity contribution is 6.36. The number of halogens is 2. The van der Waals surface area contributed by atoms with Gasteiger partial charge in [0.25, 0.3) is 5.91 Å². The van der Waals surface area contributed by atoms with E-state index >= 15 is 0 Å². The summed E-state index contributed by atoms with van der Waals surface area (Å²) in [4.78, 5) is 31.5. The highest BCUT2D eigenvalue weighted by Crippen LogP contribution is 2.38. The van der Waals surface area contributed by atoms with Gasteiger partial charge in [-0.05, 0) is 91.1 Å². The summed E-state index contributed by atoms with van der Waals surface area (Å²) in [6, 6.07) is 29.6. The molecule has 0 saturated heterocycles. The quantitative estimate of drug-likeness (QED) is 0.186. The highest BCUT2D eigenvalue weighted by Gasteiger charge is 2.29. The molecule has 1 heterocycles. The number of pyridine rings is 1. The number of esters is 1. The molecule has 0 spiro atoms. The van der Waals surface area contributed by atoms with Crippen molar-refractivity contribution in [1.82, 2.24) is 4.98 Å². The van der Waals surface area contributed by atoms with Gasteiger partial charge in [0.05, 0.1) is 27.5 Å². The molecule has 5 aromatic rings. The fourth-order valence-electron chi connectivity index (χ4n) is 5.10. The van der Waals surface area contributed by atoms with Crippen LogP contribution in [0.5, 0.6) is 11.5 Å². The molecule has 8 heteroatoms. The molecule has 1 aromatic heterocycles. The number of anilines is 1. The largest absolute Gasteiger partial charge is 0.457 e. The van der Waals surface area contributed by atoms with Crippen molar-refractivity contribution in [3.8, 4) is 11.5 Å². The van der Waals surface area contributed by atoms with Gasteiger partial charge in [-0.3, -0.25) is 4.79 Å². The summed E-state index contributed by atoms with van der Waals surface area (Å²) in [6.45, 7) is 1.52. The summed E-state index contributed by atoms with van der Waals surface area (Å²) in [5, 5.41) is 4.11. The Morgan fingerprint density at radius 2 is 1.65 bits per heavy atom. The molecule has 1 aliphatic carbocycles. The van der Waals surface area contributed by atoms with E-state index < -0.39 is 18.0 Å². The first-order valence-corrected chi connectivity index (χ1v) is 14.5. The number of fused-ring (bicyclic) bond motifs is 2. The molecule has 4 aromatic carbocycles. The monoisotopic (exact) mass is 608 g/mol. The van der Waals surface area contributed by atoms with Crippen LogP contribution in [0.25, 0.3) is 22.6 Å². The smallest absolute Gasteiger partial charge is 0.339 e. The van der Waals surface area contributed by atoms with E-state index in [2.05, 4.69) is 11.4 Å². The van der Waals surface area contributed by atoms with Crippen LogP contribution in [0.3, 0.4) is 0 Å². The van der Waals surface area contributed by atoms with E-state index in [0.717, 1.165) is 33.9 Å². The number of carbonyl (C=O) groups excluding carboxylic acids is 2. The lowest BCUT2D eigenvalue weighted by Gasteiger charge is -2.17. The Bertz CT molecular complexity index is 1890. The Hall–Kier alpha value is -4.65. The van der Waals surface area contributed by atoms with Gasteiger partial charge in [0.15, 0.2) is 6.10 Å². The lowest BCUT2D eigenvalue weighted by molar-refractivity contribution is -0.123. The molecule has 0 aliphatic heterocycles. The summed E-state index contributed by atoms with van der Waals surface area (Å²) in [5.74, 6) is 0.389. The number of ether oxygens (including phenoxy) is 2. The number of hydrogen-bond acceptors (Lipinski definition) is 5. The summed E-state index contributed by atoms with van der Waals surface area (Å²) < 4.78 is 11.7. The maximum atomic E-state index is 13.7. The van der Waals surface area contributed by atoms with Crippen LogP contribution in [0.2, 0.25) is 10.0 Å². The molecule has 1 unspecified atom stereocenters. The van der Waals surface area contributed by atoms with Crippen LogP contribution in [0.4, 0.5) is 5.69 Å².